The van der Waals surface area contributed by atoms with Gasteiger partial charge in [0, 0.05) is 34.4 Å². The van der Waals surface area contributed by atoms with Crippen molar-refractivity contribution < 1.29 is 9.47 Å². The number of azide groups is 2. The molecule has 0 bridgehead atoms. The molecule has 0 aliphatic rings. The Morgan fingerprint density at radius 3 is 1.61 bits per heavy atom. The van der Waals surface area contributed by atoms with Crippen LogP contribution < -0.4 is 0 Å². The second-order valence-corrected chi connectivity index (χ2v) is 5.48. The van der Waals surface area contributed by atoms with Crippen LogP contribution in [0.5, 0.6) is 0 Å². The van der Waals surface area contributed by atoms with E-state index in [1.807, 2.05) is 0 Å². The van der Waals surface area contributed by atoms with Gasteiger partial charge in [-0.2, -0.15) is 0 Å². The maximum absolute atomic E-state index is 8.02. The van der Waals surface area contributed by atoms with Crippen molar-refractivity contribution in [3.05, 3.63) is 20.9 Å². The van der Waals surface area contributed by atoms with Crippen LogP contribution in [0, 0.1) is 0 Å². The van der Waals surface area contributed by atoms with E-state index < -0.39 is 0 Å². The van der Waals surface area contributed by atoms with Gasteiger partial charge < -0.3 is 9.47 Å². The van der Waals surface area contributed by atoms with Crippen molar-refractivity contribution in [2.45, 2.75) is 0 Å². The number of rotatable bonds is 13. The molecule has 0 atom stereocenters. The molecule has 0 heterocycles. The third-order valence-electron chi connectivity index (χ3n) is 1.50. The highest BCUT2D eigenvalue weighted by molar-refractivity contribution is 8.76. The maximum Gasteiger partial charge on any atom is 0.0565 e. The third kappa shape index (κ3) is 15.2. The van der Waals surface area contributed by atoms with Gasteiger partial charge in [-0.3, -0.25) is 0 Å². The normalized spacial score (nSPS) is 9.56. The minimum Gasteiger partial charge on any atom is -0.380 e. The molecule has 102 valence electrons. The van der Waals surface area contributed by atoms with Gasteiger partial charge in [0.25, 0.3) is 0 Å². The van der Waals surface area contributed by atoms with Crippen LogP contribution in [0.15, 0.2) is 10.2 Å². The molecule has 0 amide bonds. The number of ether oxygens (including phenoxy) is 2. The molecule has 0 radical (unpaired) electrons. The molecule has 0 unspecified atom stereocenters. The van der Waals surface area contributed by atoms with Crippen molar-refractivity contribution in [3.8, 4) is 0 Å². The molecule has 0 fully saturated rings. The molecular weight excluding hydrogens is 276 g/mol. The van der Waals surface area contributed by atoms with Gasteiger partial charge in [0.05, 0.1) is 26.4 Å². The summed E-state index contributed by atoms with van der Waals surface area (Å²) in [6.07, 6.45) is 0. The molecule has 18 heavy (non-hydrogen) atoms. The van der Waals surface area contributed by atoms with E-state index in [0.29, 0.717) is 39.5 Å². The third-order valence-corrected chi connectivity index (χ3v) is 3.84. The van der Waals surface area contributed by atoms with Gasteiger partial charge in [-0.15, -0.1) is 0 Å². The summed E-state index contributed by atoms with van der Waals surface area (Å²) in [6.45, 7) is 3.00. The van der Waals surface area contributed by atoms with Crippen molar-refractivity contribution in [1.29, 1.82) is 0 Å². The summed E-state index contributed by atoms with van der Waals surface area (Å²) in [6, 6.07) is 0. The lowest BCUT2D eigenvalue weighted by Gasteiger charge is -2.03. The smallest absolute Gasteiger partial charge is 0.0565 e. The lowest BCUT2D eigenvalue weighted by molar-refractivity contribution is 0.157. The molecule has 0 spiro atoms. The van der Waals surface area contributed by atoms with E-state index in [2.05, 4.69) is 20.1 Å². The zero-order valence-electron chi connectivity index (χ0n) is 9.97. The lowest BCUT2D eigenvalue weighted by atomic mass is 10.7. The fraction of sp³-hybridized carbons (Fsp3) is 1.00. The molecule has 0 saturated heterocycles. The van der Waals surface area contributed by atoms with E-state index in [1.54, 1.807) is 21.6 Å². The Hall–Kier alpha value is -0.760. The number of hydrogen-bond acceptors (Lipinski definition) is 6. The highest BCUT2D eigenvalue weighted by Crippen LogP contribution is 2.20. The highest BCUT2D eigenvalue weighted by atomic mass is 33.1. The van der Waals surface area contributed by atoms with Crippen molar-refractivity contribution in [1.82, 2.24) is 0 Å². The van der Waals surface area contributed by atoms with Gasteiger partial charge in [0.15, 0.2) is 0 Å². The summed E-state index contributed by atoms with van der Waals surface area (Å²) < 4.78 is 10.5. The fourth-order valence-electron chi connectivity index (χ4n) is 0.808. The van der Waals surface area contributed by atoms with Gasteiger partial charge in [-0.05, 0) is 11.1 Å². The zero-order chi connectivity index (χ0) is 13.3. The average Bonchev–Trinajstić information content (AvgIpc) is 2.39. The van der Waals surface area contributed by atoms with Crippen molar-refractivity contribution >= 4 is 21.6 Å². The fourth-order valence-corrected chi connectivity index (χ4v) is 2.53. The Morgan fingerprint density at radius 2 is 1.22 bits per heavy atom. The Balaban J connectivity index is 2.98. The molecule has 0 N–H and O–H groups in total. The first-order valence-corrected chi connectivity index (χ1v) is 7.82. The summed E-state index contributed by atoms with van der Waals surface area (Å²) >= 11 is 0. The Kier molecular flexibility index (Phi) is 15.6. The first kappa shape index (κ1) is 17.2. The predicted octanol–water partition coefficient (Wildman–Crippen LogP) is 3.02. The average molecular weight is 292 g/mol. The van der Waals surface area contributed by atoms with Crippen molar-refractivity contribution in [2.75, 3.05) is 51.0 Å². The molecule has 0 aliphatic carbocycles. The standard InChI is InChI=1S/C8H16N6O2S2/c9-13-11-1-3-15-5-7-17-18-8-6-16-4-2-12-14-10/h1-8H2. The second-order valence-electron chi connectivity index (χ2n) is 2.78. The molecule has 0 aromatic rings. The summed E-state index contributed by atoms with van der Waals surface area (Å²) in [5.41, 5.74) is 16.0. The quantitative estimate of drug-likeness (QED) is 0.170. The molecule has 0 rings (SSSR count). The molecule has 0 aromatic heterocycles. The summed E-state index contributed by atoms with van der Waals surface area (Å²) in [5, 5.41) is 6.72. The monoisotopic (exact) mass is 292 g/mol. The van der Waals surface area contributed by atoms with Gasteiger partial charge in [0.2, 0.25) is 0 Å². The number of hydrogen-bond donors (Lipinski definition) is 0. The molecule has 0 aliphatic heterocycles. The van der Waals surface area contributed by atoms with Crippen LogP contribution in [0.1, 0.15) is 0 Å². The van der Waals surface area contributed by atoms with E-state index in [1.165, 1.54) is 0 Å². The maximum atomic E-state index is 8.02. The van der Waals surface area contributed by atoms with Crippen LogP contribution >= 0.6 is 21.6 Å². The van der Waals surface area contributed by atoms with Crippen molar-refractivity contribution in [2.24, 2.45) is 10.2 Å². The number of nitrogens with zero attached hydrogens (tertiary/aromatic N) is 6. The summed E-state index contributed by atoms with van der Waals surface area (Å²) in [7, 11) is 3.42. The van der Waals surface area contributed by atoms with Crippen molar-refractivity contribution in [3.63, 3.8) is 0 Å². The highest BCUT2D eigenvalue weighted by Gasteiger charge is 1.92. The van der Waals surface area contributed by atoms with Gasteiger partial charge >= 0.3 is 0 Å². The largest absolute Gasteiger partial charge is 0.380 e. The van der Waals surface area contributed by atoms with E-state index in [9.17, 15) is 0 Å². The van der Waals surface area contributed by atoms with Gasteiger partial charge in [-0.1, -0.05) is 31.8 Å². The Labute approximate surface area is 113 Å². The van der Waals surface area contributed by atoms with Crippen LogP contribution in [0.3, 0.4) is 0 Å². The Bertz CT molecular complexity index is 253. The minimum absolute atomic E-state index is 0.382. The van der Waals surface area contributed by atoms with Crippen LogP contribution in [-0.4, -0.2) is 51.0 Å². The van der Waals surface area contributed by atoms with Gasteiger partial charge in [0.1, 0.15) is 0 Å². The van der Waals surface area contributed by atoms with E-state index in [4.69, 9.17) is 20.5 Å². The minimum atomic E-state index is 0.382. The molecule has 0 aromatic carbocycles. The summed E-state index contributed by atoms with van der Waals surface area (Å²) in [5.74, 6) is 1.78. The zero-order valence-corrected chi connectivity index (χ0v) is 11.6. The first-order chi connectivity index (χ1) is 8.91. The lowest BCUT2D eigenvalue weighted by Crippen LogP contribution is -2.02. The van der Waals surface area contributed by atoms with Crippen LogP contribution in [0.2, 0.25) is 0 Å². The SMILES string of the molecule is [N-]=[N+]=NCCOCCSSCCOCCN=[N+]=[N-]. The predicted molar refractivity (Wildman–Crippen MR) is 74.6 cm³/mol. The first-order valence-electron chi connectivity index (χ1n) is 5.33. The van der Waals surface area contributed by atoms with E-state index in [0.717, 1.165) is 11.5 Å². The van der Waals surface area contributed by atoms with Gasteiger partial charge in [-0.25, -0.2) is 0 Å². The second kappa shape index (κ2) is 16.2. The topological polar surface area (TPSA) is 116 Å². The Morgan fingerprint density at radius 1 is 0.778 bits per heavy atom. The van der Waals surface area contributed by atoms with Crippen LogP contribution in [0.25, 0.3) is 20.9 Å². The van der Waals surface area contributed by atoms with E-state index >= 15 is 0 Å². The van der Waals surface area contributed by atoms with Crippen LogP contribution in [0.4, 0.5) is 0 Å². The molecule has 10 heteroatoms. The summed E-state index contributed by atoms with van der Waals surface area (Å²) in [4.78, 5) is 5.25. The molecule has 0 saturated carbocycles. The molecule has 8 nitrogen and oxygen atoms in total. The molecular formula is C8H16N6O2S2. The van der Waals surface area contributed by atoms with E-state index in [-0.39, 0.29) is 0 Å². The van der Waals surface area contributed by atoms with Crippen LogP contribution in [-0.2, 0) is 9.47 Å².